The van der Waals surface area contributed by atoms with Gasteiger partial charge in [-0.3, -0.25) is 4.68 Å². The Morgan fingerprint density at radius 2 is 2.40 bits per heavy atom. The van der Waals surface area contributed by atoms with Crippen LogP contribution in [0.4, 0.5) is 0 Å². The van der Waals surface area contributed by atoms with Crippen LogP contribution in [-0.2, 0) is 6.54 Å². The second-order valence-corrected chi connectivity index (χ2v) is 2.25. The first-order valence-electron chi connectivity index (χ1n) is 3.17. The van der Waals surface area contributed by atoms with Crippen molar-refractivity contribution >= 4 is 12.6 Å². The SMILES string of the molecule is SCC=CCn1cccn1. The maximum atomic E-state index is 4.04. The van der Waals surface area contributed by atoms with Gasteiger partial charge < -0.3 is 0 Å². The zero-order chi connectivity index (χ0) is 7.23. The van der Waals surface area contributed by atoms with Crippen LogP contribution in [0.5, 0.6) is 0 Å². The van der Waals surface area contributed by atoms with Crippen molar-refractivity contribution in [3.8, 4) is 0 Å². The zero-order valence-corrected chi connectivity index (χ0v) is 6.54. The summed E-state index contributed by atoms with van der Waals surface area (Å²) in [6.45, 7) is 0.841. The Labute approximate surface area is 66.0 Å². The fourth-order valence-corrected chi connectivity index (χ4v) is 0.815. The molecule has 3 heteroatoms. The van der Waals surface area contributed by atoms with Crippen LogP contribution < -0.4 is 0 Å². The summed E-state index contributed by atoms with van der Waals surface area (Å²) in [5.74, 6) is 0.793. The van der Waals surface area contributed by atoms with E-state index in [1.807, 2.05) is 29.1 Å². The minimum atomic E-state index is 0.793. The van der Waals surface area contributed by atoms with Crippen molar-refractivity contribution in [2.24, 2.45) is 0 Å². The lowest BCUT2D eigenvalue weighted by Crippen LogP contribution is -1.93. The van der Waals surface area contributed by atoms with Crippen molar-refractivity contribution in [1.29, 1.82) is 0 Å². The summed E-state index contributed by atoms with van der Waals surface area (Å²) in [5, 5.41) is 4.03. The van der Waals surface area contributed by atoms with Crippen LogP contribution in [0.2, 0.25) is 0 Å². The average molecular weight is 154 g/mol. The van der Waals surface area contributed by atoms with Gasteiger partial charge in [0, 0.05) is 18.1 Å². The molecule has 0 aliphatic carbocycles. The molecule has 0 saturated heterocycles. The van der Waals surface area contributed by atoms with Gasteiger partial charge in [-0.1, -0.05) is 12.2 Å². The number of rotatable bonds is 3. The highest BCUT2D eigenvalue weighted by Gasteiger charge is 1.81. The summed E-state index contributed by atoms with van der Waals surface area (Å²) in [4.78, 5) is 0. The van der Waals surface area contributed by atoms with Crippen LogP contribution in [0.3, 0.4) is 0 Å². The Hall–Kier alpha value is -0.700. The highest BCUT2D eigenvalue weighted by Crippen LogP contribution is 1.85. The smallest absolute Gasteiger partial charge is 0.0590 e. The van der Waals surface area contributed by atoms with E-state index in [1.54, 1.807) is 6.20 Å². The lowest BCUT2D eigenvalue weighted by atomic mass is 10.5. The summed E-state index contributed by atoms with van der Waals surface area (Å²) in [5.41, 5.74) is 0. The molecule has 1 aromatic heterocycles. The number of thiol groups is 1. The highest BCUT2D eigenvalue weighted by atomic mass is 32.1. The van der Waals surface area contributed by atoms with Gasteiger partial charge in [-0.2, -0.15) is 17.7 Å². The Kier molecular flexibility index (Phi) is 3.09. The topological polar surface area (TPSA) is 17.8 Å². The Bertz CT molecular complexity index is 191. The molecule has 0 aromatic carbocycles. The first-order valence-corrected chi connectivity index (χ1v) is 3.80. The van der Waals surface area contributed by atoms with Crippen molar-refractivity contribution in [3.05, 3.63) is 30.6 Å². The quantitative estimate of drug-likeness (QED) is 0.514. The molecule has 0 unspecified atom stereocenters. The number of hydrogen-bond donors (Lipinski definition) is 1. The number of aromatic nitrogens is 2. The first kappa shape index (κ1) is 7.41. The minimum Gasteiger partial charge on any atom is -0.269 e. The maximum absolute atomic E-state index is 4.04. The van der Waals surface area contributed by atoms with Crippen LogP contribution in [0, 0.1) is 0 Å². The second kappa shape index (κ2) is 4.17. The van der Waals surface area contributed by atoms with Crippen LogP contribution in [0.1, 0.15) is 0 Å². The largest absolute Gasteiger partial charge is 0.269 e. The van der Waals surface area contributed by atoms with Crippen molar-refractivity contribution in [1.82, 2.24) is 9.78 Å². The molecule has 1 rings (SSSR count). The molecule has 1 heterocycles. The van der Waals surface area contributed by atoms with Crippen LogP contribution in [0.15, 0.2) is 30.6 Å². The van der Waals surface area contributed by atoms with E-state index in [0.29, 0.717) is 0 Å². The summed E-state index contributed by atoms with van der Waals surface area (Å²) >= 11 is 4.04. The lowest BCUT2D eigenvalue weighted by molar-refractivity contribution is 0.701. The first-order chi connectivity index (χ1) is 4.93. The molecule has 1 aromatic rings. The number of nitrogens with zero attached hydrogens (tertiary/aromatic N) is 2. The predicted molar refractivity (Wildman–Crippen MR) is 45.2 cm³/mol. The third-order valence-corrected chi connectivity index (χ3v) is 1.33. The molecule has 0 aliphatic rings. The van der Waals surface area contributed by atoms with E-state index in [9.17, 15) is 0 Å². The van der Waals surface area contributed by atoms with Gasteiger partial charge in [0.2, 0.25) is 0 Å². The van der Waals surface area contributed by atoms with Crippen molar-refractivity contribution in [3.63, 3.8) is 0 Å². The van der Waals surface area contributed by atoms with Crippen LogP contribution in [-0.4, -0.2) is 15.5 Å². The fourth-order valence-electron chi connectivity index (χ4n) is 0.666. The van der Waals surface area contributed by atoms with E-state index in [4.69, 9.17) is 0 Å². The predicted octanol–water partition coefficient (Wildman–Crippen LogP) is 1.37. The summed E-state index contributed by atoms with van der Waals surface area (Å²) in [6, 6.07) is 1.91. The molecule has 0 radical (unpaired) electrons. The Morgan fingerprint density at radius 3 is 3.00 bits per heavy atom. The summed E-state index contributed by atoms with van der Waals surface area (Å²) < 4.78 is 1.86. The molecule has 0 atom stereocenters. The van der Waals surface area contributed by atoms with Crippen molar-refractivity contribution < 1.29 is 0 Å². The fraction of sp³-hybridized carbons (Fsp3) is 0.286. The Balaban J connectivity index is 2.34. The zero-order valence-electron chi connectivity index (χ0n) is 5.64. The molecule has 0 spiro atoms. The summed E-state index contributed by atoms with van der Waals surface area (Å²) in [7, 11) is 0. The Morgan fingerprint density at radius 1 is 1.50 bits per heavy atom. The van der Waals surface area contributed by atoms with Gasteiger partial charge in [0.1, 0.15) is 0 Å². The number of hydrogen-bond acceptors (Lipinski definition) is 2. The normalized spacial score (nSPS) is 10.9. The molecular formula is C7H10N2S. The molecule has 0 amide bonds. The minimum absolute atomic E-state index is 0.793. The molecule has 0 bridgehead atoms. The van der Waals surface area contributed by atoms with E-state index in [0.717, 1.165) is 12.3 Å². The van der Waals surface area contributed by atoms with E-state index >= 15 is 0 Å². The molecule has 0 fully saturated rings. The molecule has 0 N–H and O–H groups in total. The van der Waals surface area contributed by atoms with Gasteiger partial charge in [0.15, 0.2) is 0 Å². The van der Waals surface area contributed by atoms with Gasteiger partial charge in [-0.05, 0) is 6.07 Å². The van der Waals surface area contributed by atoms with E-state index < -0.39 is 0 Å². The molecule has 0 aliphatic heterocycles. The van der Waals surface area contributed by atoms with Gasteiger partial charge in [0.05, 0.1) is 6.54 Å². The molecular weight excluding hydrogens is 144 g/mol. The van der Waals surface area contributed by atoms with Crippen molar-refractivity contribution in [2.75, 3.05) is 5.75 Å². The number of allylic oxidation sites excluding steroid dienone is 1. The average Bonchev–Trinajstić information content (AvgIpc) is 2.41. The van der Waals surface area contributed by atoms with E-state index in [1.165, 1.54) is 0 Å². The van der Waals surface area contributed by atoms with E-state index in [-0.39, 0.29) is 0 Å². The second-order valence-electron chi connectivity index (χ2n) is 1.88. The lowest BCUT2D eigenvalue weighted by Gasteiger charge is -1.91. The van der Waals surface area contributed by atoms with Gasteiger partial charge in [-0.15, -0.1) is 0 Å². The van der Waals surface area contributed by atoms with Gasteiger partial charge in [-0.25, -0.2) is 0 Å². The third-order valence-electron chi connectivity index (χ3n) is 1.12. The van der Waals surface area contributed by atoms with Crippen molar-refractivity contribution in [2.45, 2.75) is 6.54 Å². The summed E-state index contributed by atoms with van der Waals surface area (Å²) in [6.07, 6.45) is 7.75. The molecule has 54 valence electrons. The monoisotopic (exact) mass is 154 g/mol. The molecule has 2 nitrogen and oxygen atoms in total. The van der Waals surface area contributed by atoms with E-state index in [2.05, 4.69) is 17.7 Å². The highest BCUT2D eigenvalue weighted by molar-refractivity contribution is 7.80. The van der Waals surface area contributed by atoms with Gasteiger partial charge >= 0.3 is 0 Å². The van der Waals surface area contributed by atoms with Gasteiger partial charge in [0.25, 0.3) is 0 Å². The van der Waals surface area contributed by atoms with Crippen LogP contribution in [0.25, 0.3) is 0 Å². The van der Waals surface area contributed by atoms with Crippen LogP contribution >= 0.6 is 12.6 Å². The standard InChI is InChI=1S/C7H10N2S/c10-7-2-1-5-9-6-3-4-8-9/h1-4,6,10H,5,7H2. The maximum Gasteiger partial charge on any atom is 0.0590 e. The third kappa shape index (κ3) is 2.27. The molecule has 10 heavy (non-hydrogen) atoms. The molecule has 0 saturated carbocycles.